The predicted octanol–water partition coefficient (Wildman–Crippen LogP) is 2.25. The van der Waals surface area contributed by atoms with Crippen LogP contribution in [0.1, 0.15) is 39.0 Å². The molecule has 0 aromatic heterocycles. The number of nitrogens with two attached hydrogens (primary N) is 2. The predicted molar refractivity (Wildman–Crippen MR) is 78.8 cm³/mol. The van der Waals surface area contributed by atoms with Crippen molar-refractivity contribution in [2.75, 3.05) is 0 Å². The lowest BCUT2D eigenvalue weighted by atomic mass is 9.76. The molecule has 4 N–H and O–H groups in total. The summed E-state index contributed by atoms with van der Waals surface area (Å²) in [6.07, 6.45) is -2.53. The molecule has 0 spiro atoms. The van der Waals surface area contributed by atoms with E-state index in [1.54, 1.807) is 0 Å². The molecule has 8 nitrogen and oxygen atoms in total. The first-order valence-corrected chi connectivity index (χ1v) is 7.32. The highest BCUT2D eigenvalue weighted by atomic mass is 19.4. The second-order valence-corrected chi connectivity index (χ2v) is 5.69. The number of unbranched alkanes of at least 4 members (excludes halogenated alkanes) is 3. The normalized spacial score (nSPS) is 24.7. The van der Waals surface area contributed by atoms with E-state index < -0.39 is 44.6 Å². The van der Waals surface area contributed by atoms with Crippen molar-refractivity contribution in [3.63, 3.8) is 0 Å². The molecule has 0 radical (unpaired) electrons. The molecule has 0 aliphatic heterocycles. The fraction of sp³-hybridized carbons (Fsp3) is 0.692. The van der Waals surface area contributed by atoms with Crippen LogP contribution in [0.15, 0.2) is 23.0 Å². The molecule has 2 atom stereocenters. The third kappa shape index (κ3) is 3.83. The summed E-state index contributed by atoms with van der Waals surface area (Å²) in [4.78, 5) is 20.3. The van der Waals surface area contributed by atoms with Gasteiger partial charge in [0.25, 0.3) is 11.7 Å². The molecule has 0 saturated carbocycles. The Bertz CT molecular complexity index is 588. The van der Waals surface area contributed by atoms with Gasteiger partial charge in [-0.1, -0.05) is 32.6 Å². The summed E-state index contributed by atoms with van der Waals surface area (Å²) in [5.41, 5.74) is 5.32. The molecule has 0 amide bonds. The summed E-state index contributed by atoms with van der Waals surface area (Å²) in [7, 11) is 0. The average molecular weight is 352 g/mol. The molecule has 0 saturated heterocycles. The van der Waals surface area contributed by atoms with Gasteiger partial charge in [0.05, 0.1) is 16.2 Å². The Kier molecular flexibility index (Phi) is 5.93. The molecule has 0 aromatic carbocycles. The molecular formula is C13H19F3N4O4. The molecule has 11 heteroatoms. The molecule has 1 rings (SSSR count). The van der Waals surface area contributed by atoms with E-state index in [4.69, 9.17) is 11.5 Å². The Morgan fingerprint density at radius 2 is 1.83 bits per heavy atom. The number of hydrogen-bond donors (Lipinski definition) is 2. The monoisotopic (exact) mass is 352 g/mol. The summed E-state index contributed by atoms with van der Waals surface area (Å²) in [5, 5.41) is 22.5. The van der Waals surface area contributed by atoms with Crippen LogP contribution in [0.4, 0.5) is 13.2 Å². The van der Waals surface area contributed by atoms with Gasteiger partial charge >= 0.3 is 6.18 Å². The highest BCUT2D eigenvalue weighted by Gasteiger charge is 2.59. The fourth-order valence-corrected chi connectivity index (χ4v) is 2.80. The molecule has 136 valence electrons. The first-order chi connectivity index (χ1) is 11.0. The lowest BCUT2D eigenvalue weighted by molar-refractivity contribution is -0.534. The van der Waals surface area contributed by atoms with Gasteiger partial charge in [-0.2, -0.15) is 13.2 Å². The maximum Gasteiger partial charge on any atom is 0.418 e. The Balaban J connectivity index is 3.40. The van der Waals surface area contributed by atoms with Gasteiger partial charge in [-0.3, -0.25) is 20.2 Å². The number of alkyl halides is 3. The van der Waals surface area contributed by atoms with Crippen LogP contribution in [0.25, 0.3) is 0 Å². The van der Waals surface area contributed by atoms with Gasteiger partial charge in [-0.05, 0) is 6.42 Å². The smallest absolute Gasteiger partial charge is 0.396 e. The quantitative estimate of drug-likeness (QED) is 0.409. The maximum atomic E-state index is 13.0. The number of nitrogens with zero attached hydrogens (tertiary/aromatic N) is 2. The minimum atomic E-state index is -5.05. The van der Waals surface area contributed by atoms with Crippen LogP contribution in [0.2, 0.25) is 0 Å². The molecule has 0 heterocycles. The van der Waals surface area contributed by atoms with Crippen molar-refractivity contribution in [2.45, 2.75) is 56.8 Å². The van der Waals surface area contributed by atoms with Crippen LogP contribution in [-0.2, 0) is 0 Å². The average Bonchev–Trinajstić information content (AvgIpc) is 2.41. The molecule has 0 aromatic rings. The summed E-state index contributed by atoms with van der Waals surface area (Å²) in [6, 6.07) is -2.21. The highest BCUT2D eigenvalue weighted by molar-refractivity contribution is 5.43. The maximum absolute atomic E-state index is 13.0. The van der Waals surface area contributed by atoms with E-state index in [2.05, 4.69) is 0 Å². The second kappa shape index (κ2) is 7.16. The fourth-order valence-electron chi connectivity index (χ4n) is 2.80. The molecule has 1 aliphatic carbocycles. The van der Waals surface area contributed by atoms with Crippen molar-refractivity contribution < 1.29 is 23.0 Å². The zero-order chi connectivity index (χ0) is 18.7. The van der Waals surface area contributed by atoms with Crippen LogP contribution in [0, 0.1) is 20.2 Å². The minimum Gasteiger partial charge on any atom is -0.396 e. The third-order valence-electron chi connectivity index (χ3n) is 4.01. The van der Waals surface area contributed by atoms with E-state index in [1.165, 1.54) is 0 Å². The summed E-state index contributed by atoms with van der Waals surface area (Å²) in [5.74, 6) is 0. The van der Waals surface area contributed by atoms with E-state index in [9.17, 15) is 33.4 Å². The number of allylic oxidation sites excluding steroid dienone is 2. The van der Waals surface area contributed by atoms with Crippen molar-refractivity contribution in [1.29, 1.82) is 0 Å². The van der Waals surface area contributed by atoms with E-state index in [0.717, 1.165) is 12.8 Å². The van der Waals surface area contributed by atoms with Crippen LogP contribution in [0.3, 0.4) is 0 Å². The molecular weight excluding hydrogens is 333 g/mol. The van der Waals surface area contributed by atoms with Crippen LogP contribution in [0.5, 0.6) is 0 Å². The Morgan fingerprint density at radius 3 is 2.25 bits per heavy atom. The lowest BCUT2D eigenvalue weighted by Crippen LogP contribution is -2.61. The van der Waals surface area contributed by atoms with Crippen molar-refractivity contribution in [3.05, 3.63) is 43.3 Å². The number of hydrogen-bond acceptors (Lipinski definition) is 6. The van der Waals surface area contributed by atoms with Crippen molar-refractivity contribution in [2.24, 2.45) is 11.5 Å². The second-order valence-electron chi connectivity index (χ2n) is 5.69. The first-order valence-electron chi connectivity index (χ1n) is 7.32. The molecule has 24 heavy (non-hydrogen) atoms. The number of rotatable bonds is 7. The molecule has 0 bridgehead atoms. The topological polar surface area (TPSA) is 138 Å². The Labute approximate surface area is 135 Å². The van der Waals surface area contributed by atoms with E-state index in [1.807, 2.05) is 6.92 Å². The van der Waals surface area contributed by atoms with Crippen LogP contribution in [-0.4, -0.2) is 27.6 Å². The van der Waals surface area contributed by atoms with E-state index in [0.29, 0.717) is 12.8 Å². The van der Waals surface area contributed by atoms with Gasteiger partial charge in [-0.25, -0.2) is 0 Å². The van der Waals surface area contributed by atoms with Crippen LogP contribution >= 0.6 is 0 Å². The zero-order valence-electron chi connectivity index (χ0n) is 13.0. The van der Waals surface area contributed by atoms with Gasteiger partial charge in [0.2, 0.25) is 0 Å². The third-order valence-corrected chi connectivity index (χ3v) is 4.01. The first kappa shape index (κ1) is 19.9. The minimum absolute atomic E-state index is 0.211. The van der Waals surface area contributed by atoms with Crippen molar-refractivity contribution in [3.8, 4) is 0 Å². The molecule has 0 fully saturated rings. The van der Waals surface area contributed by atoms with Gasteiger partial charge < -0.3 is 11.5 Å². The SMILES string of the molecule is CCCCCCC1(N)C([N+](=O)[O-])=CC(C(F)(F)F)=C(N)C1[N+](=O)[O-]. The zero-order valence-corrected chi connectivity index (χ0v) is 13.0. The largest absolute Gasteiger partial charge is 0.418 e. The summed E-state index contributed by atoms with van der Waals surface area (Å²) >= 11 is 0. The summed E-state index contributed by atoms with van der Waals surface area (Å²) in [6.45, 7) is 1.91. The van der Waals surface area contributed by atoms with Gasteiger partial charge in [0, 0.05) is 11.0 Å². The van der Waals surface area contributed by atoms with Crippen molar-refractivity contribution >= 4 is 0 Å². The number of halogens is 3. The lowest BCUT2D eigenvalue weighted by Gasteiger charge is -2.33. The van der Waals surface area contributed by atoms with E-state index >= 15 is 0 Å². The molecule has 2 unspecified atom stereocenters. The van der Waals surface area contributed by atoms with Gasteiger partial charge in [0.1, 0.15) is 0 Å². The van der Waals surface area contributed by atoms with Crippen molar-refractivity contribution in [1.82, 2.24) is 0 Å². The number of nitro groups is 2. The summed E-state index contributed by atoms with van der Waals surface area (Å²) < 4.78 is 39.0. The van der Waals surface area contributed by atoms with Gasteiger partial charge in [0.15, 0.2) is 5.54 Å². The Hall–Kier alpha value is -2.17. The van der Waals surface area contributed by atoms with Gasteiger partial charge in [-0.15, -0.1) is 0 Å². The van der Waals surface area contributed by atoms with Crippen LogP contribution < -0.4 is 11.5 Å². The molecule has 1 aliphatic rings. The highest BCUT2D eigenvalue weighted by Crippen LogP contribution is 2.40. The van der Waals surface area contributed by atoms with E-state index in [-0.39, 0.29) is 12.5 Å². The standard InChI is InChI=1S/C13H19F3N4O4/c1-2-3-4-5-6-12(18)9(19(21)22)7-8(13(14,15)16)10(17)11(12)20(23)24/h7,11H,2-6,17-18H2,1H3. The Morgan fingerprint density at radius 1 is 1.25 bits per heavy atom.